The first-order chi connectivity index (χ1) is 21.2. The van der Waals surface area contributed by atoms with Crippen LogP contribution in [0.25, 0.3) is 32.9 Å². The zero-order chi connectivity index (χ0) is 30.3. The average Bonchev–Trinajstić information content (AvgIpc) is 3.71. The molecule has 1 N–H and O–H groups in total. The Morgan fingerprint density at radius 3 is 2.84 bits per heavy atom. The molecule has 0 radical (unpaired) electrons. The first kappa shape index (κ1) is 27.7. The summed E-state index contributed by atoms with van der Waals surface area (Å²) in [7, 11) is 1.93. The Bertz CT molecular complexity index is 1820. The molecule has 44 heavy (non-hydrogen) atoms. The topological polar surface area (TPSA) is 83.8 Å². The van der Waals surface area contributed by atoms with Crippen molar-refractivity contribution >= 4 is 27.5 Å². The third kappa shape index (κ3) is 4.18. The lowest BCUT2D eigenvalue weighted by atomic mass is 9.94. The van der Waals surface area contributed by atoms with Gasteiger partial charge in [-0.25, -0.2) is 18.2 Å². The number of phenols is 1. The predicted octanol–water partition coefficient (Wildman–Crippen LogP) is 6.10. The number of halogens is 3. The van der Waals surface area contributed by atoms with Gasteiger partial charge < -0.3 is 19.5 Å². The second-order valence-electron chi connectivity index (χ2n) is 12.8. The molecular formula is C33H34F3N5O3. The van der Waals surface area contributed by atoms with Crippen molar-refractivity contribution < 1.29 is 27.8 Å². The molecule has 8 rings (SSSR count). The molecule has 2 bridgehead atoms. The van der Waals surface area contributed by atoms with Crippen molar-refractivity contribution in [1.82, 2.24) is 19.9 Å². The molecule has 2 unspecified atom stereocenters. The van der Waals surface area contributed by atoms with E-state index in [0.717, 1.165) is 38.6 Å². The van der Waals surface area contributed by atoms with Gasteiger partial charge in [0.05, 0.1) is 5.54 Å². The average molecular weight is 606 g/mol. The van der Waals surface area contributed by atoms with Crippen LogP contribution >= 0.6 is 0 Å². The van der Waals surface area contributed by atoms with Crippen LogP contribution in [0.3, 0.4) is 0 Å². The number of rotatable bonds is 5. The third-order valence-corrected chi connectivity index (χ3v) is 10.2. The standard InChI is InChI=1S/C33H34F3N5O3/c1-3-22-24(35)8-5-17-11-20(42)13-23(25(17)22)28-27(36)29-26-30(40(2)19-6-7-21(12-19)44-31(26)37-28)39-32(38-29)43-16-33-9-4-10-41(33)15-18(34)14-33/h5,8,11,13,18-19,21,42H,3-4,6-7,9-10,12,14-16H2,1-2H3/t18-,19?,21?,33+/m1/s1. The van der Waals surface area contributed by atoms with Gasteiger partial charge in [-0.2, -0.15) is 9.97 Å². The van der Waals surface area contributed by atoms with E-state index in [1.54, 1.807) is 6.07 Å². The lowest BCUT2D eigenvalue weighted by Gasteiger charge is -2.32. The van der Waals surface area contributed by atoms with E-state index in [2.05, 4.69) is 9.88 Å². The van der Waals surface area contributed by atoms with Crippen LogP contribution < -0.4 is 14.4 Å². The van der Waals surface area contributed by atoms with E-state index in [9.17, 15) is 9.50 Å². The molecule has 4 aromatic rings. The molecule has 2 aromatic heterocycles. The molecular weight excluding hydrogens is 571 g/mol. The van der Waals surface area contributed by atoms with E-state index in [0.29, 0.717) is 46.9 Å². The van der Waals surface area contributed by atoms with Gasteiger partial charge in [0.1, 0.15) is 52.9 Å². The normalized spacial score (nSPS) is 26.2. The van der Waals surface area contributed by atoms with E-state index in [-0.39, 0.29) is 53.2 Å². The highest BCUT2D eigenvalue weighted by Gasteiger charge is 2.49. The minimum absolute atomic E-state index is 0.000984. The van der Waals surface area contributed by atoms with Crippen LogP contribution in [0.15, 0.2) is 24.3 Å². The summed E-state index contributed by atoms with van der Waals surface area (Å²) in [4.78, 5) is 18.3. The second-order valence-corrected chi connectivity index (χ2v) is 12.8. The number of aromatic nitrogens is 3. The van der Waals surface area contributed by atoms with Crippen molar-refractivity contribution in [2.75, 3.05) is 31.6 Å². The maximum Gasteiger partial charge on any atom is 0.319 e. The van der Waals surface area contributed by atoms with Crippen LogP contribution in [0, 0.1) is 11.6 Å². The summed E-state index contributed by atoms with van der Waals surface area (Å²) in [5.41, 5.74) is 0.0959. The summed E-state index contributed by atoms with van der Waals surface area (Å²) in [5.74, 6) is -0.607. The van der Waals surface area contributed by atoms with Gasteiger partial charge in [0.25, 0.3) is 0 Å². The van der Waals surface area contributed by atoms with Gasteiger partial charge >= 0.3 is 6.01 Å². The van der Waals surface area contributed by atoms with Crippen molar-refractivity contribution in [3.8, 4) is 28.9 Å². The first-order valence-corrected chi connectivity index (χ1v) is 15.5. The fourth-order valence-corrected chi connectivity index (χ4v) is 8.07. The molecule has 5 heterocycles. The third-order valence-electron chi connectivity index (χ3n) is 10.2. The zero-order valence-corrected chi connectivity index (χ0v) is 24.7. The summed E-state index contributed by atoms with van der Waals surface area (Å²) >= 11 is 0. The Kier molecular flexibility index (Phi) is 6.34. The maximum absolute atomic E-state index is 16.9. The Morgan fingerprint density at radius 2 is 2.00 bits per heavy atom. The minimum atomic E-state index is -0.910. The smallest absolute Gasteiger partial charge is 0.319 e. The van der Waals surface area contributed by atoms with Gasteiger partial charge in [0.15, 0.2) is 5.82 Å². The lowest BCUT2D eigenvalue weighted by Crippen LogP contribution is -2.43. The Hall–Kier alpha value is -3.86. The van der Waals surface area contributed by atoms with Crippen LogP contribution in [-0.4, -0.2) is 75.6 Å². The summed E-state index contributed by atoms with van der Waals surface area (Å²) in [6, 6.07) is 6.00. The van der Waals surface area contributed by atoms with Gasteiger partial charge in [-0.05, 0) is 73.2 Å². The van der Waals surface area contributed by atoms with Crippen LogP contribution in [0.2, 0.25) is 0 Å². The van der Waals surface area contributed by atoms with Crippen LogP contribution in [-0.2, 0) is 6.42 Å². The van der Waals surface area contributed by atoms with E-state index in [1.807, 2.05) is 18.9 Å². The van der Waals surface area contributed by atoms with Crippen molar-refractivity contribution in [3.05, 3.63) is 41.5 Å². The number of alkyl halides is 1. The summed E-state index contributed by atoms with van der Waals surface area (Å²) in [6.45, 7) is 3.24. The highest BCUT2D eigenvalue weighted by Crippen LogP contribution is 2.46. The van der Waals surface area contributed by atoms with Gasteiger partial charge in [-0.15, -0.1) is 0 Å². The highest BCUT2D eigenvalue weighted by atomic mass is 19.1. The van der Waals surface area contributed by atoms with Crippen molar-refractivity contribution in [3.63, 3.8) is 0 Å². The van der Waals surface area contributed by atoms with E-state index in [4.69, 9.17) is 19.4 Å². The summed E-state index contributed by atoms with van der Waals surface area (Å²) in [5, 5.41) is 12.0. The van der Waals surface area contributed by atoms with Crippen molar-refractivity contribution in [1.29, 1.82) is 0 Å². The predicted molar refractivity (Wildman–Crippen MR) is 160 cm³/mol. The zero-order valence-electron chi connectivity index (χ0n) is 24.7. The van der Waals surface area contributed by atoms with Gasteiger partial charge in [0, 0.05) is 38.0 Å². The maximum atomic E-state index is 16.9. The van der Waals surface area contributed by atoms with Crippen LogP contribution in [0.4, 0.5) is 19.0 Å². The largest absolute Gasteiger partial charge is 0.508 e. The molecule has 1 saturated carbocycles. The molecule has 230 valence electrons. The number of aryl methyl sites for hydroxylation is 1. The van der Waals surface area contributed by atoms with Crippen LogP contribution in [0.1, 0.15) is 51.0 Å². The van der Waals surface area contributed by atoms with Gasteiger partial charge in [-0.3, -0.25) is 4.90 Å². The van der Waals surface area contributed by atoms with Crippen molar-refractivity contribution in [2.45, 2.75) is 75.7 Å². The molecule has 8 nitrogen and oxygen atoms in total. The fourth-order valence-electron chi connectivity index (χ4n) is 8.07. The number of phenolic OH excluding ortho intramolecular Hbond substituents is 1. The molecule has 2 saturated heterocycles. The summed E-state index contributed by atoms with van der Waals surface area (Å²) < 4.78 is 59.0. The number of fused-ring (bicyclic) bond motifs is 4. The molecule has 3 fully saturated rings. The number of nitrogens with zero attached hydrogens (tertiary/aromatic N) is 5. The first-order valence-electron chi connectivity index (χ1n) is 15.5. The van der Waals surface area contributed by atoms with E-state index in [1.165, 1.54) is 18.2 Å². The molecule has 0 amide bonds. The minimum Gasteiger partial charge on any atom is -0.508 e. The second kappa shape index (κ2) is 10.1. The molecule has 0 spiro atoms. The molecule has 4 atom stereocenters. The number of hydrogen-bond acceptors (Lipinski definition) is 8. The van der Waals surface area contributed by atoms with E-state index < -0.39 is 23.3 Å². The number of hydrogen-bond donors (Lipinski definition) is 1. The van der Waals surface area contributed by atoms with Gasteiger partial charge in [-0.1, -0.05) is 13.0 Å². The fraction of sp³-hybridized carbons (Fsp3) is 0.485. The number of anilines is 1. The Labute approximate surface area is 252 Å². The number of aromatic hydroxyl groups is 1. The molecule has 11 heteroatoms. The Morgan fingerprint density at radius 1 is 1.14 bits per heavy atom. The summed E-state index contributed by atoms with van der Waals surface area (Å²) in [6.07, 6.45) is 3.93. The van der Waals surface area contributed by atoms with E-state index >= 15 is 8.78 Å². The molecule has 2 aromatic carbocycles. The van der Waals surface area contributed by atoms with Crippen molar-refractivity contribution in [2.24, 2.45) is 0 Å². The number of ether oxygens (including phenoxy) is 2. The monoisotopic (exact) mass is 605 g/mol. The molecule has 1 aliphatic carbocycles. The molecule has 4 aliphatic rings. The lowest BCUT2D eigenvalue weighted by molar-refractivity contribution is 0.107. The number of benzene rings is 2. The SMILES string of the molecule is CCc1c(F)ccc2cc(O)cc(-c3nc4c5c(nc(OC[C@@]67CCCN6C[C@H](F)C7)nc5c3F)N(C)C3CCC(C3)O4)c12. The quantitative estimate of drug-likeness (QED) is 0.293. The number of pyridine rings is 1. The molecule has 3 aliphatic heterocycles. The van der Waals surface area contributed by atoms with Crippen LogP contribution in [0.5, 0.6) is 17.6 Å². The Balaban J connectivity index is 1.34. The highest BCUT2D eigenvalue weighted by molar-refractivity contribution is 6.03. The van der Waals surface area contributed by atoms with Gasteiger partial charge in [0.2, 0.25) is 5.88 Å².